The summed E-state index contributed by atoms with van der Waals surface area (Å²) in [5, 5.41) is 12.6. The van der Waals surface area contributed by atoms with E-state index in [2.05, 4.69) is 39.1 Å². The summed E-state index contributed by atoms with van der Waals surface area (Å²) < 4.78 is 2.09. The summed E-state index contributed by atoms with van der Waals surface area (Å²) in [4.78, 5) is 18.2. The van der Waals surface area contributed by atoms with E-state index < -0.39 is 6.10 Å². The smallest absolute Gasteiger partial charge is 0.317 e. The number of urea groups is 1. The molecule has 2 aromatic rings. The lowest BCUT2D eigenvalue weighted by Crippen LogP contribution is -2.47. The van der Waals surface area contributed by atoms with E-state index in [0.29, 0.717) is 19.6 Å². The summed E-state index contributed by atoms with van der Waals surface area (Å²) in [6, 6.07) is 10.3. The number of hydrogen-bond acceptors (Lipinski definition) is 3. The van der Waals surface area contributed by atoms with Crippen molar-refractivity contribution in [2.45, 2.75) is 44.9 Å². The molecule has 3 rings (SSSR count). The van der Waals surface area contributed by atoms with Crippen LogP contribution in [0.2, 0.25) is 0 Å². The predicted molar refractivity (Wildman–Crippen MR) is 96.0 cm³/mol. The summed E-state index contributed by atoms with van der Waals surface area (Å²) in [5.74, 6) is 0.860. The van der Waals surface area contributed by atoms with Crippen LogP contribution >= 0.6 is 0 Å². The van der Waals surface area contributed by atoms with Gasteiger partial charge in [0, 0.05) is 32.0 Å². The fourth-order valence-corrected chi connectivity index (χ4v) is 3.21. The second-order valence-corrected chi connectivity index (χ2v) is 6.53. The number of carbonyl (C=O) groups excluding carboxylic acids is 1. The number of aromatic nitrogens is 2. The third-order valence-corrected chi connectivity index (χ3v) is 4.59. The fraction of sp³-hybridized carbons (Fsp3) is 0.474. The van der Waals surface area contributed by atoms with Crippen molar-refractivity contribution in [3.63, 3.8) is 0 Å². The van der Waals surface area contributed by atoms with Crippen molar-refractivity contribution in [2.24, 2.45) is 0 Å². The van der Waals surface area contributed by atoms with Crippen LogP contribution in [0.4, 0.5) is 4.79 Å². The summed E-state index contributed by atoms with van der Waals surface area (Å²) in [5.41, 5.74) is 1.33. The Bertz CT molecular complexity index is 671. The topological polar surface area (TPSA) is 70.4 Å². The Balaban J connectivity index is 1.45. The quantitative estimate of drug-likeness (QED) is 0.845. The molecule has 1 aliphatic heterocycles. The molecule has 0 radical (unpaired) electrons. The number of imidazole rings is 1. The second kappa shape index (κ2) is 8.67. The Morgan fingerprint density at radius 1 is 1.32 bits per heavy atom. The third-order valence-electron chi connectivity index (χ3n) is 4.59. The van der Waals surface area contributed by atoms with Crippen LogP contribution in [-0.4, -0.2) is 44.8 Å². The van der Waals surface area contributed by atoms with E-state index >= 15 is 0 Å². The van der Waals surface area contributed by atoms with E-state index in [-0.39, 0.29) is 6.03 Å². The molecule has 2 N–H and O–H groups in total. The zero-order chi connectivity index (χ0) is 17.5. The molecule has 0 aliphatic carbocycles. The SMILES string of the molecule is O=C(NCc1nccn1CCCc1ccccc1)N1CCCC(O)C1. The van der Waals surface area contributed by atoms with Crippen molar-refractivity contribution in [3.05, 3.63) is 54.1 Å². The number of likely N-dealkylation sites (tertiary alicyclic amines) is 1. The van der Waals surface area contributed by atoms with Gasteiger partial charge >= 0.3 is 6.03 Å². The molecular weight excluding hydrogens is 316 g/mol. The number of nitrogens with zero attached hydrogens (tertiary/aromatic N) is 3. The summed E-state index contributed by atoms with van der Waals surface area (Å²) >= 11 is 0. The maximum Gasteiger partial charge on any atom is 0.317 e. The van der Waals surface area contributed by atoms with E-state index in [9.17, 15) is 9.90 Å². The van der Waals surface area contributed by atoms with Gasteiger partial charge in [-0.15, -0.1) is 0 Å². The first-order chi connectivity index (χ1) is 12.2. The maximum absolute atomic E-state index is 12.2. The number of aryl methyl sites for hydroxylation is 2. The molecule has 6 nitrogen and oxygen atoms in total. The summed E-state index contributed by atoms with van der Waals surface area (Å²) in [6.07, 6.45) is 7.00. The van der Waals surface area contributed by atoms with Gasteiger partial charge in [0.05, 0.1) is 12.6 Å². The van der Waals surface area contributed by atoms with Crippen LogP contribution < -0.4 is 5.32 Å². The summed E-state index contributed by atoms with van der Waals surface area (Å²) in [7, 11) is 0. The van der Waals surface area contributed by atoms with Crippen LogP contribution in [0.15, 0.2) is 42.7 Å². The zero-order valence-corrected chi connectivity index (χ0v) is 14.5. The minimum atomic E-state index is -0.403. The van der Waals surface area contributed by atoms with Gasteiger partial charge in [-0.3, -0.25) is 0 Å². The first kappa shape index (κ1) is 17.5. The van der Waals surface area contributed by atoms with Crippen LogP contribution in [0.5, 0.6) is 0 Å². The van der Waals surface area contributed by atoms with Crippen LogP contribution in [0.25, 0.3) is 0 Å². The molecule has 1 atom stereocenters. The van der Waals surface area contributed by atoms with Gasteiger partial charge in [0.25, 0.3) is 0 Å². The third kappa shape index (κ3) is 5.06. The van der Waals surface area contributed by atoms with E-state index in [4.69, 9.17) is 0 Å². The highest BCUT2D eigenvalue weighted by Gasteiger charge is 2.21. The number of aliphatic hydroxyl groups excluding tert-OH is 1. The molecule has 0 spiro atoms. The van der Waals surface area contributed by atoms with Gasteiger partial charge in [0.1, 0.15) is 5.82 Å². The average molecular weight is 342 g/mol. The van der Waals surface area contributed by atoms with Crippen molar-refractivity contribution in [1.82, 2.24) is 19.8 Å². The molecule has 1 saturated heterocycles. The van der Waals surface area contributed by atoms with Crippen LogP contribution in [0.3, 0.4) is 0 Å². The van der Waals surface area contributed by atoms with Crippen molar-refractivity contribution < 1.29 is 9.90 Å². The lowest BCUT2D eigenvalue weighted by atomic mass is 10.1. The average Bonchev–Trinajstić information content (AvgIpc) is 3.08. The normalized spacial score (nSPS) is 17.5. The Morgan fingerprint density at radius 3 is 2.96 bits per heavy atom. The first-order valence-corrected chi connectivity index (χ1v) is 8.97. The molecule has 0 bridgehead atoms. The van der Waals surface area contributed by atoms with Crippen LogP contribution in [-0.2, 0) is 19.5 Å². The van der Waals surface area contributed by atoms with Gasteiger partial charge < -0.3 is 19.9 Å². The number of carbonyl (C=O) groups is 1. The molecule has 134 valence electrons. The van der Waals surface area contributed by atoms with Gasteiger partial charge in [-0.25, -0.2) is 9.78 Å². The number of rotatable bonds is 6. The summed E-state index contributed by atoms with van der Waals surface area (Å²) in [6.45, 7) is 2.40. The van der Waals surface area contributed by atoms with Crippen molar-refractivity contribution in [1.29, 1.82) is 0 Å². The largest absolute Gasteiger partial charge is 0.391 e. The molecule has 6 heteroatoms. The highest BCUT2D eigenvalue weighted by Crippen LogP contribution is 2.10. The van der Waals surface area contributed by atoms with Crippen molar-refractivity contribution in [3.8, 4) is 0 Å². The van der Waals surface area contributed by atoms with E-state index in [1.165, 1.54) is 5.56 Å². The van der Waals surface area contributed by atoms with E-state index in [1.807, 2.05) is 12.3 Å². The Hall–Kier alpha value is -2.34. The monoisotopic (exact) mass is 342 g/mol. The van der Waals surface area contributed by atoms with Crippen LogP contribution in [0.1, 0.15) is 30.7 Å². The highest BCUT2D eigenvalue weighted by atomic mass is 16.3. The molecule has 2 heterocycles. The number of β-amino-alcohol motifs (C(OH)–C–C–N with tert-alkyl or cyclic N) is 1. The lowest BCUT2D eigenvalue weighted by Gasteiger charge is -2.30. The number of benzene rings is 1. The number of amides is 2. The maximum atomic E-state index is 12.2. The Kier molecular flexibility index (Phi) is 6.06. The second-order valence-electron chi connectivity index (χ2n) is 6.53. The van der Waals surface area contributed by atoms with Gasteiger partial charge in [0.2, 0.25) is 0 Å². The molecule has 1 aliphatic rings. The van der Waals surface area contributed by atoms with Crippen molar-refractivity contribution >= 4 is 6.03 Å². The number of nitrogens with one attached hydrogen (secondary N) is 1. The van der Waals surface area contributed by atoms with Gasteiger partial charge in [-0.05, 0) is 31.2 Å². The Labute approximate surface area is 148 Å². The van der Waals surface area contributed by atoms with Crippen molar-refractivity contribution in [2.75, 3.05) is 13.1 Å². The molecule has 1 aromatic carbocycles. The first-order valence-electron chi connectivity index (χ1n) is 8.97. The van der Waals surface area contributed by atoms with Crippen LogP contribution in [0, 0.1) is 0 Å². The standard InChI is InChI=1S/C19H26N4O2/c24-17-9-5-12-23(15-17)19(25)21-14-18-20-10-13-22(18)11-4-8-16-6-2-1-3-7-16/h1-3,6-7,10,13,17,24H,4-5,8-9,11-12,14-15H2,(H,21,25). The lowest BCUT2D eigenvalue weighted by molar-refractivity contribution is 0.0841. The molecule has 1 aromatic heterocycles. The number of piperidine rings is 1. The van der Waals surface area contributed by atoms with E-state index in [1.54, 1.807) is 11.1 Å². The predicted octanol–water partition coefficient (Wildman–Crippen LogP) is 2.18. The number of aliphatic hydroxyl groups is 1. The molecular formula is C19H26N4O2. The Morgan fingerprint density at radius 2 is 2.16 bits per heavy atom. The fourth-order valence-electron chi connectivity index (χ4n) is 3.21. The van der Waals surface area contributed by atoms with Gasteiger partial charge in [-0.1, -0.05) is 30.3 Å². The van der Waals surface area contributed by atoms with Gasteiger partial charge in [-0.2, -0.15) is 0 Å². The molecule has 1 unspecified atom stereocenters. The van der Waals surface area contributed by atoms with Gasteiger partial charge in [0.15, 0.2) is 0 Å². The molecule has 1 fully saturated rings. The molecule has 0 saturated carbocycles. The number of hydrogen-bond donors (Lipinski definition) is 2. The highest BCUT2D eigenvalue weighted by molar-refractivity contribution is 5.74. The zero-order valence-electron chi connectivity index (χ0n) is 14.5. The minimum absolute atomic E-state index is 0.127. The van der Waals surface area contributed by atoms with E-state index in [0.717, 1.165) is 38.1 Å². The minimum Gasteiger partial charge on any atom is -0.391 e. The molecule has 25 heavy (non-hydrogen) atoms. The molecule has 2 amide bonds.